The van der Waals surface area contributed by atoms with Gasteiger partial charge in [-0.05, 0) is 24.5 Å². The van der Waals surface area contributed by atoms with E-state index in [1.54, 1.807) is 12.1 Å². The molecule has 1 aliphatic rings. The third-order valence-electron chi connectivity index (χ3n) is 3.49. The third-order valence-corrected chi connectivity index (χ3v) is 3.49. The van der Waals surface area contributed by atoms with Crippen molar-refractivity contribution in [1.82, 2.24) is 4.98 Å². The van der Waals surface area contributed by atoms with Gasteiger partial charge in [0.15, 0.2) is 0 Å². The first-order valence-electron chi connectivity index (χ1n) is 6.56. The van der Waals surface area contributed by atoms with E-state index in [9.17, 15) is 17.6 Å². The summed E-state index contributed by atoms with van der Waals surface area (Å²) >= 11 is 0. The fourth-order valence-corrected chi connectivity index (χ4v) is 2.10. The van der Waals surface area contributed by atoms with E-state index in [1.165, 1.54) is 0 Å². The summed E-state index contributed by atoms with van der Waals surface area (Å²) < 4.78 is 57.9. The van der Waals surface area contributed by atoms with Crippen LogP contribution in [0, 0.1) is 29.4 Å². The van der Waals surface area contributed by atoms with Gasteiger partial charge in [-0.2, -0.15) is 27.6 Å². The second-order valence-electron chi connectivity index (χ2n) is 5.13. The van der Waals surface area contributed by atoms with Crippen LogP contribution in [-0.2, 0) is 0 Å². The van der Waals surface area contributed by atoms with Crippen molar-refractivity contribution in [1.29, 1.82) is 0 Å². The van der Waals surface area contributed by atoms with E-state index in [2.05, 4.69) is 17.0 Å². The molecule has 1 N–H and O–H groups in total. The molecule has 116 valence electrons. The molecule has 3 rings (SSSR count). The Morgan fingerprint density at radius 1 is 1.23 bits per heavy atom. The monoisotopic (exact) mass is 313 g/mol. The highest BCUT2D eigenvalue weighted by Crippen LogP contribution is 2.47. The number of hydrazone groups is 1. The molecule has 0 aromatic carbocycles. The van der Waals surface area contributed by atoms with Crippen LogP contribution in [0.3, 0.4) is 0 Å². The van der Waals surface area contributed by atoms with Crippen molar-refractivity contribution in [2.45, 2.75) is 19.3 Å². The van der Waals surface area contributed by atoms with Gasteiger partial charge < -0.3 is 4.42 Å². The molecule has 0 spiro atoms. The average Bonchev–Trinajstić information content (AvgIpc) is 3.02. The van der Waals surface area contributed by atoms with Gasteiger partial charge in [0.25, 0.3) is 11.9 Å². The molecule has 0 amide bonds. The lowest BCUT2D eigenvalue weighted by molar-refractivity contribution is 0.411. The Hall–Kier alpha value is -2.38. The lowest BCUT2D eigenvalue weighted by Crippen LogP contribution is -2.05. The Labute approximate surface area is 122 Å². The molecule has 0 radical (unpaired) electrons. The second kappa shape index (κ2) is 5.43. The van der Waals surface area contributed by atoms with E-state index in [0.29, 0.717) is 17.6 Å². The van der Waals surface area contributed by atoms with Crippen molar-refractivity contribution in [3.8, 4) is 0 Å². The Kier molecular flexibility index (Phi) is 3.59. The summed E-state index contributed by atoms with van der Waals surface area (Å²) in [6.45, 7) is 2.10. The highest BCUT2D eigenvalue weighted by molar-refractivity contribution is 5.76. The molecule has 1 fully saturated rings. The maximum atomic E-state index is 13.3. The zero-order chi connectivity index (χ0) is 15.9. The topological polar surface area (TPSA) is 50.4 Å². The van der Waals surface area contributed by atoms with E-state index in [4.69, 9.17) is 4.42 Å². The number of anilines is 1. The Morgan fingerprint density at radius 3 is 2.45 bits per heavy atom. The first-order chi connectivity index (χ1) is 10.5. The van der Waals surface area contributed by atoms with Gasteiger partial charge >= 0.3 is 0 Å². The van der Waals surface area contributed by atoms with E-state index in [1.807, 2.05) is 5.43 Å². The summed E-state index contributed by atoms with van der Waals surface area (Å²) in [5.74, 6) is -4.68. The zero-order valence-electron chi connectivity index (χ0n) is 11.4. The molecule has 0 saturated heterocycles. The molecule has 0 aliphatic heterocycles. The van der Waals surface area contributed by atoms with Crippen LogP contribution in [0.2, 0.25) is 0 Å². The molecule has 0 bridgehead atoms. The van der Waals surface area contributed by atoms with Crippen LogP contribution >= 0.6 is 0 Å². The smallest absolute Gasteiger partial charge is 0.254 e. The minimum atomic E-state index is -1.75. The maximum Gasteiger partial charge on any atom is 0.254 e. The zero-order valence-corrected chi connectivity index (χ0v) is 11.4. The number of pyridine rings is 1. The van der Waals surface area contributed by atoms with Crippen molar-refractivity contribution in [2.75, 3.05) is 5.43 Å². The highest BCUT2D eigenvalue weighted by atomic mass is 19.2. The minimum Gasteiger partial charge on any atom is -0.460 e. The van der Waals surface area contributed by atoms with Crippen molar-refractivity contribution in [3.05, 3.63) is 47.2 Å². The predicted molar refractivity (Wildman–Crippen MR) is 70.5 cm³/mol. The SMILES string of the molecule is C[C@@H]1C[C@H]1c1ccc(/C=N\Nc2c(F)c(F)nc(F)c2F)o1. The van der Waals surface area contributed by atoms with Crippen LogP contribution in [0.5, 0.6) is 0 Å². The Morgan fingerprint density at radius 2 is 1.86 bits per heavy atom. The quantitative estimate of drug-likeness (QED) is 0.404. The van der Waals surface area contributed by atoms with E-state index >= 15 is 0 Å². The van der Waals surface area contributed by atoms with Gasteiger partial charge in [0.2, 0.25) is 11.6 Å². The van der Waals surface area contributed by atoms with Crippen molar-refractivity contribution in [3.63, 3.8) is 0 Å². The molecule has 1 saturated carbocycles. The molecule has 4 nitrogen and oxygen atoms in total. The molecular formula is C14H11F4N3O. The Bertz CT molecular complexity index is 718. The number of hydrogen-bond donors (Lipinski definition) is 1. The molecule has 2 aromatic rings. The molecular weight excluding hydrogens is 302 g/mol. The number of hydrogen-bond acceptors (Lipinski definition) is 4. The number of nitrogens with zero attached hydrogens (tertiary/aromatic N) is 2. The first kappa shape index (κ1) is 14.6. The van der Waals surface area contributed by atoms with Crippen LogP contribution in [0.15, 0.2) is 21.7 Å². The molecule has 2 aromatic heterocycles. The lowest BCUT2D eigenvalue weighted by atomic mass is 10.3. The molecule has 1 aliphatic carbocycles. The third kappa shape index (κ3) is 2.68. The van der Waals surface area contributed by atoms with Gasteiger partial charge in [-0.15, -0.1) is 0 Å². The van der Waals surface area contributed by atoms with Gasteiger partial charge in [0.1, 0.15) is 17.2 Å². The lowest BCUT2D eigenvalue weighted by Gasteiger charge is -2.04. The van der Waals surface area contributed by atoms with Crippen molar-refractivity contribution < 1.29 is 22.0 Å². The van der Waals surface area contributed by atoms with E-state index < -0.39 is 29.2 Å². The largest absolute Gasteiger partial charge is 0.460 e. The number of halogens is 4. The standard InChI is InChI=1S/C14H11F4N3O/c1-6-4-8(6)9-3-2-7(22-9)5-19-21-12-10(15)13(17)20-14(18)11(12)16/h2-3,5-6,8H,4H2,1H3,(H,20,21)/b19-5-/t6-,8-/m1/s1. The average molecular weight is 313 g/mol. The van der Waals surface area contributed by atoms with Gasteiger partial charge in [0, 0.05) is 5.92 Å². The summed E-state index contributed by atoms with van der Waals surface area (Å²) in [7, 11) is 0. The van der Waals surface area contributed by atoms with Crippen LogP contribution in [0.4, 0.5) is 23.2 Å². The van der Waals surface area contributed by atoms with E-state index in [0.717, 1.165) is 18.4 Å². The summed E-state index contributed by atoms with van der Waals surface area (Å²) in [4.78, 5) is 2.44. The Balaban J connectivity index is 1.73. The normalized spacial score (nSPS) is 20.6. The number of rotatable bonds is 4. The second-order valence-corrected chi connectivity index (χ2v) is 5.13. The maximum absolute atomic E-state index is 13.3. The first-order valence-corrected chi connectivity index (χ1v) is 6.56. The highest BCUT2D eigenvalue weighted by Gasteiger charge is 2.36. The van der Waals surface area contributed by atoms with Gasteiger partial charge in [0.05, 0.1) is 6.21 Å². The van der Waals surface area contributed by atoms with Crippen LogP contribution in [-0.4, -0.2) is 11.2 Å². The predicted octanol–water partition coefficient (Wildman–Crippen LogP) is 3.80. The van der Waals surface area contributed by atoms with Crippen LogP contribution < -0.4 is 5.43 Å². The van der Waals surface area contributed by atoms with Gasteiger partial charge in [-0.3, -0.25) is 5.43 Å². The van der Waals surface area contributed by atoms with Crippen molar-refractivity contribution >= 4 is 11.9 Å². The van der Waals surface area contributed by atoms with Gasteiger partial charge in [-0.25, -0.2) is 0 Å². The van der Waals surface area contributed by atoms with Crippen LogP contribution in [0.1, 0.15) is 30.8 Å². The fourth-order valence-electron chi connectivity index (χ4n) is 2.10. The number of furan rings is 1. The molecule has 22 heavy (non-hydrogen) atoms. The summed E-state index contributed by atoms with van der Waals surface area (Å²) in [5, 5.41) is 3.52. The molecule has 2 heterocycles. The molecule has 2 atom stereocenters. The van der Waals surface area contributed by atoms with Crippen molar-refractivity contribution in [2.24, 2.45) is 11.0 Å². The number of aromatic nitrogens is 1. The van der Waals surface area contributed by atoms with Gasteiger partial charge in [-0.1, -0.05) is 6.92 Å². The molecule has 8 heteroatoms. The van der Waals surface area contributed by atoms with Crippen LogP contribution in [0.25, 0.3) is 0 Å². The summed E-state index contributed by atoms with van der Waals surface area (Å²) in [6.07, 6.45) is 2.21. The molecule has 0 unspecified atom stereocenters. The number of nitrogens with one attached hydrogen (secondary N) is 1. The summed E-state index contributed by atoms with van der Waals surface area (Å²) in [6, 6.07) is 3.44. The summed E-state index contributed by atoms with van der Waals surface area (Å²) in [5.41, 5.74) is 0.862. The minimum absolute atomic E-state index is 0.359. The van der Waals surface area contributed by atoms with E-state index in [-0.39, 0.29) is 0 Å². The fraction of sp³-hybridized carbons (Fsp3) is 0.286.